The molecule has 4 nitrogen and oxygen atoms in total. The fourth-order valence-electron chi connectivity index (χ4n) is 1.17. The van der Waals surface area contributed by atoms with E-state index < -0.39 is 6.30 Å². The van der Waals surface area contributed by atoms with Gasteiger partial charge >= 0.3 is 6.30 Å². The molecule has 2 rings (SSSR count). The molecular weight excluding hydrogens is 221 g/mol. The van der Waals surface area contributed by atoms with Gasteiger partial charge in [-0.2, -0.15) is 4.68 Å². The highest BCUT2D eigenvalue weighted by molar-refractivity contribution is 5.60. The Morgan fingerprint density at radius 3 is 2.25 bits per heavy atom. The lowest BCUT2D eigenvalue weighted by molar-refractivity contribution is -0.213. The number of benzene rings is 1. The lowest BCUT2D eigenvalue weighted by Gasteiger charge is -2.02. The first kappa shape index (κ1) is 10.5. The van der Waals surface area contributed by atoms with E-state index in [1.165, 1.54) is 0 Å². The molecule has 0 saturated heterocycles. The van der Waals surface area contributed by atoms with Gasteiger partial charge in [0, 0.05) is 11.3 Å². The summed E-state index contributed by atoms with van der Waals surface area (Å²) in [5, 5.41) is 6.43. The minimum atomic E-state index is -4.54. The smallest absolute Gasteiger partial charge is 0.399 e. The number of halogens is 3. The Morgan fingerprint density at radius 1 is 1.12 bits per heavy atom. The van der Waals surface area contributed by atoms with E-state index in [1.807, 2.05) is 0 Å². The minimum absolute atomic E-state index is 0.140. The van der Waals surface area contributed by atoms with Crippen molar-refractivity contribution in [3.05, 3.63) is 30.5 Å². The highest BCUT2D eigenvalue weighted by atomic mass is 19.4. The van der Waals surface area contributed by atoms with Gasteiger partial charge in [-0.15, -0.1) is 18.3 Å². The second-order valence-electron chi connectivity index (χ2n) is 3.14. The van der Waals surface area contributed by atoms with Crippen molar-refractivity contribution in [2.75, 3.05) is 5.73 Å². The molecule has 0 spiro atoms. The van der Waals surface area contributed by atoms with E-state index >= 15 is 0 Å². The second kappa shape index (κ2) is 3.51. The zero-order chi connectivity index (χ0) is 11.8. The molecule has 84 valence electrons. The average molecular weight is 228 g/mol. The van der Waals surface area contributed by atoms with E-state index in [-0.39, 0.29) is 10.4 Å². The quantitative estimate of drug-likeness (QED) is 0.759. The summed E-state index contributed by atoms with van der Waals surface area (Å²) in [4.78, 5) is 0. The standard InChI is InChI=1S/C9H7F3N4/c10-9(11,12)16-5-8(14-15-16)6-1-3-7(13)4-2-6/h1-5H,13H2. The zero-order valence-corrected chi connectivity index (χ0v) is 7.94. The van der Waals surface area contributed by atoms with Crippen LogP contribution in [0.1, 0.15) is 0 Å². The highest BCUT2D eigenvalue weighted by Gasteiger charge is 2.32. The molecule has 1 heterocycles. The Balaban J connectivity index is 2.35. The van der Waals surface area contributed by atoms with E-state index in [0.29, 0.717) is 11.3 Å². The molecule has 0 fully saturated rings. The summed E-state index contributed by atoms with van der Waals surface area (Å²) < 4.78 is 36.5. The predicted octanol–water partition coefficient (Wildman–Crippen LogP) is 2.00. The van der Waals surface area contributed by atoms with Gasteiger partial charge in [0.05, 0.1) is 6.20 Å². The van der Waals surface area contributed by atoms with E-state index in [4.69, 9.17) is 5.73 Å². The summed E-state index contributed by atoms with van der Waals surface area (Å²) in [7, 11) is 0. The number of hydrogen-bond acceptors (Lipinski definition) is 3. The molecule has 1 aromatic carbocycles. The zero-order valence-electron chi connectivity index (χ0n) is 7.94. The maximum Gasteiger partial charge on any atom is 0.505 e. The van der Waals surface area contributed by atoms with Crippen molar-refractivity contribution in [3.8, 4) is 11.3 Å². The van der Waals surface area contributed by atoms with Gasteiger partial charge in [-0.1, -0.05) is 17.3 Å². The molecule has 0 aliphatic rings. The Hall–Kier alpha value is -2.05. The number of nitrogens with zero attached hydrogens (tertiary/aromatic N) is 3. The van der Waals surface area contributed by atoms with Gasteiger partial charge in [0.2, 0.25) is 0 Å². The van der Waals surface area contributed by atoms with Crippen LogP contribution in [0.25, 0.3) is 11.3 Å². The van der Waals surface area contributed by atoms with Crippen LogP contribution in [0.5, 0.6) is 0 Å². The van der Waals surface area contributed by atoms with Crippen molar-refractivity contribution in [1.82, 2.24) is 15.0 Å². The lowest BCUT2D eigenvalue weighted by atomic mass is 10.1. The van der Waals surface area contributed by atoms with E-state index in [2.05, 4.69) is 10.3 Å². The third kappa shape index (κ3) is 1.97. The van der Waals surface area contributed by atoms with Crippen molar-refractivity contribution in [2.24, 2.45) is 0 Å². The second-order valence-corrected chi connectivity index (χ2v) is 3.14. The number of alkyl halides is 3. The summed E-state index contributed by atoms with van der Waals surface area (Å²) in [6.45, 7) is 0. The number of anilines is 1. The molecule has 0 unspecified atom stereocenters. The third-order valence-corrected chi connectivity index (χ3v) is 1.96. The topological polar surface area (TPSA) is 56.7 Å². The molecule has 0 atom stereocenters. The van der Waals surface area contributed by atoms with Crippen molar-refractivity contribution < 1.29 is 13.2 Å². The van der Waals surface area contributed by atoms with Gasteiger partial charge in [-0.25, -0.2) is 0 Å². The van der Waals surface area contributed by atoms with Crippen LogP contribution in [0.3, 0.4) is 0 Å². The normalized spacial score (nSPS) is 11.7. The average Bonchev–Trinajstić information content (AvgIpc) is 2.67. The van der Waals surface area contributed by atoms with Crippen molar-refractivity contribution >= 4 is 5.69 Å². The van der Waals surface area contributed by atoms with Gasteiger partial charge in [-0.05, 0) is 12.1 Å². The number of nitrogen functional groups attached to an aromatic ring is 1. The molecular formula is C9H7F3N4. The molecule has 0 aliphatic carbocycles. The predicted molar refractivity (Wildman–Crippen MR) is 51.2 cm³/mol. The number of hydrogen-bond donors (Lipinski definition) is 1. The lowest BCUT2D eigenvalue weighted by Crippen LogP contribution is -2.17. The number of rotatable bonds is 1. The van der Waals surface area contributed by atoms with Crippen LogP contribution in [0.2, 0.25) is 0 Å². The summed E-state index contributed by atoms with van der Waals surface area (Å²) in [6.07, 6.45) is -3.72. The van der Waals surface area contributed by atoms with E-state index in [1.54, 1.807) is 24.3 Å². The Kier molecular flexibility index (Phi) is 2.30. The maximum atomic E-state index is 12.2. The molecule has 2 aromatic rings. The number of aromatic nitrogens is 3. The molecule has 0 bridgehead atoms. The van der Waals surface area contributed by atoms with Crippen LogP contribution in [0.4, 0.5) is 18.9 Å². The molecule has 7 heteroatoms. The van der Waals surface area contributed by atoms with Gasteiger partial charge < -0.3 is 5.73 Å². The third-order valence-electron chi connectivity index (χ3n) is 1.96. The number of nitrogens with two attached hydrogens (primary N) is 1. The molecule has 16 heavy (non-hydrogen) atoms. The van der Waals surface area contributed by atoms with E-state index in [9.17, 15) is 13.2 Å². The molecule has 0 saturated carbocycles. The summed E-state index contributed by atoms with van der Waals surface area (Å²) in [6, 6.07) is 6.34. The van der Waals surface area contributed by atoms with Crippen molar-refractivity contribution in [2.45, 2.75) is 6.30 Å². The largest absolute Gasteiger partial charge is 0.505 e. The summed E-state index contributed by atoms with van der Waals surface area (Å²) in [5.74, 6) is 0. The van der Waals surface area contributed by atoms with Gasteiger partial charge in [0.15, 0.2) is 0 Å². The Morgan fingerprint density at radius 2 is 1.75 bits per heavy atom. The van der Waals surface area contributed by atoms with Crippen molar-refractivity contribution in [1.29, 1.82) is 0 Å². The van der Waals surface area contributed by atoms with Crippen LogP contribution in [0, 0.1) is 0 Å². The van der Waals surface area contributed by atoms with Crippen LogP contribution in [-0.4, -0.2) is 15.0 Å². The molecule has 2 N–H and O–H groups in total. The molecule has 0 aliphatic heterocycles. The fourth-order valence-corrected chi connectivity index (χ4v) is 1.17. The van der Waals surface area contributed by atoms with Crippen LogP contribution < -0.4 is 5.73 Å². The minimum Gasteiger partial charge on any atom is -0.399 e. The maximum absolute atomic E-state index is 12.2. The van der Waals surface area contributed by atoms with Crippen molar-refractivity contribution in [3.63, 3.8) is 0 Å². The summed E-state index contributed by atoms with van der Waals surface area (Å²) in [5.41, 5.74) is 6.67. The first-order valence-electron chi connectivity index (χ1n) is 4.32. The van der Waals surface area contributed by atoms with Crippen LogP contribution >= 0.6 is 0 Å². The van der Waals surface area contributed by atoms with Gasteiger partial charge in [-0.3, -0.25) is 0 Å². The first-order chi connectivity index (χ1) is 7.47. The Bertz CT molecular complexity index is 486. The summed E-state index contributed by atoms with van der Waals surface area (Å²) >= 11 is 0. The SMILES string of the molecule is Nc1ccc(-c2cn(C(F)(F)F)nn2)cc1. The first-order valence-corrected chi connectivity index (χ1v) is 4.32. The van der Waals surface area contributed by atoms with E-state index in [0.717, 1.165) is 6.20 Å². The van der Waals surface area contributed by atoms with Gasteiger partial charge in [0.25, 0.3) is 0 Å². The Labute approximate surface area is 88.5 Å². The van der Waals surface area contributed by atoms with Crippen LogP contribution in [0.15, 0.2) is 30.5 Å². The molecule has 0 radical (unpaired) electrons. The molecule has 1 aromatic heterocycles. The molecule has 0 amide bonds. The highest BCUT2D eigenvalue weighted by Crippen LogP contribution is 2.24. The monoisotopic (exact) mass is 228 g/mol. The van der Waals surface area contributed by atoms with Crippen LogP contribution in [-0.2, 0) is 6.30 Å². The van der Waals surface area contributed by atoms with Gasteiger partial charge in [0.1, 0.15) is 5.69 Å². The fraction of sp³-hybridized carbons (Fsp3) is 0.111.